The molecule has 1 amide bonds. The van der Waals surface area contributed by atoms with Crippen LogP contribution in [0.2, 0.25) is 0 Å². The van der Waals surface area contributed by atoms with Gasteiger partial charge in [0.2, 0.25) is 5.78 Å². The van der Waals surface area contributed by atoms with Crippen LogP contribution >= 0.6 is 0 Å². The molecule has 6 nitrogen and oxygen atoms in total. The maximum Gasteiger partial charge on any atom is 0.295 e. The lowest BCUT2D eigenvalue weighted by atomic mass is 9.77. The Bertz CT molecular complexity index is 1120. The molecule has 1 fully saturated rings. The zero-order valence-electron chi connectivity index (χ0n) is 18.0. The maximum absolute atomic E-state index is 13.2. The highest BCUT2D eigenvalue weighted by atomic mass is 16.5. The summed E-state index contributed by atoms with van der Waals surface area (Å²) in [7, 11) is 0. The molecule has 0 N–H and O–H groups in total. The molecule has 1 saturated heterocycles. The van der Waals surface area contributed by atoms with Gasteiger partial charge < -0.3 is 4.52 Å². The zero-order chi connectivity index (χ0) is 22.3. The first kappa shape index (κ1) is 20.7. The standard InChI is InChI=1S/C25H24N2O4/c1-15-5-7-17(8-6-15)21-20(23(29)25(2,3)4)22(28)24(30)27(21)18-11-9-16(10-12-18)19-13-14-31-26-19/h5-14,20-21H,1-4H3. The van der Waals surface area contributed by atoms with E-state index in [0.29, 0.717) is 11.4 Å². The molecule has 158 valence electrons. The van der Waals surface area contributed by atoms with E-state index in [9.17, 15) is 14.4 Å². The van der Waals surface area contributed by atoms with Gasteiger partial charge in [-0.25, -0.2) is 0 Å². The minimum atomic E-state index is -1.05. The number of carbonyl (C=O) groups excluding carboxylic acids is 3. The number of aromatic nitrogens is 1. The highest BCUT2D eigenvalue weighted by Gasteiger charge is 2.53. The minimum absolute atomic E-state index is 0.238. The van der Waals surface area contributed by atoms with Gasteiger partial charge in [0, 0.05) is 22.7 Å². The summed E-state index contributed by atoms with van der Waals surface area (Å²) < 4.78 is 4.89. The Morgan fingerprint density at radius 2 is 1.61 bits per heavy atom. The predicted octanol–water partition coefficient (Wildman–Crippen LogP) is 4.54. The van der Waals surface area contributed by atoms with E-state index in [1.54, 1.807) is 39.0 Å². The molecule has 0 aliphatic carbocycles. The van der Waals surface area contributed by atoms with Crippen LogP contribution in [0, 0.1) is 18.3 Å². The number of anilines is 1. The largest absolute Gasteiger partial charge is 0.364 e. The fourth-order valence-electron chi connectivity index (χ4n) is 3.94. The average molecular weight is 416 g/mol. The van der Waals surface area contributed by atoms with Gasteiger partial charge in [0.05, 0.1) is 6.04 Å². The third kappa shape index (κ3) is 3.69. The van der Waals surface area contributed by atoms with Crippen LogP contribution in [-0.2, 0) is 14.4 Å². The molecule has 4 rings (SSSR count). The van der Waals surface area contributed by atoms with Crippen LogP contribution in [0.5, 0.6) is 0 Å². The lowest BCUT2D eigenvalue weighted by Crippen LogP contribution is -2.35. The van der Waals surface area contributed by atoms with E-state index in [2.05, 4.69) is 5.16 Å². The normalized spacial score (nSPS) is 19.2. The molecule has 2 aromatic carbocycles. The molecule has 0 spiro atoms. The first-order chi connectivity index (χ1) is 14.7. The Hall–Kier alpha value is -3.54. The zero-order valence-corrected chi connectivity index (χ0v) is 18.0. The van der Waals surface area contributed by atoms with Crippen LogP contribution in [0.1, 0.15) is 37.9 Å². The van der Waals surface area contributed by atoms with E-state index < -0.39 is 29.1 Å². The summed E-state index contributed by atoms with van der Waals surface area (Å²) in [5.74, 6) is -2.61. The van der Waals surface area contributed by atoms with Gasteiger partial charge in [-0.15, -0.1) is 0 Å². The van der Waals surface area contributed by atoms with E-state index in [1.807, 2.05) is 43.3 Å². The van der Waals surface area contributed by atoms with Crippen LogP contribution in [0.3, 0.4) is 0 Å². The van der Waals surface area contributed by atoms with Crippen molar-refractivity contribution in [3.05, 3.63) is 72.0 Å². The quantitative estimate of drug-likeness (QED) is 0.461. The van der Waals surface area contributed by atoms with Gasteiger partial charge in [0.25, 0.3) is 5.91 Å². The van der Waals surface area contributed by atoms with Crippen molar-refractivity contribution < 1.29 is 18.9 Å². The molecule has 2 atom stereocenters. The summed E-state index contributed by atoms with van der Waals surface area (Å²) in [6.07, 6.45) is 1.49. The third-order valence-corrected chi connectivity index (χ3v) is 5.63. The Morgan fingerprint density at radius 1 is 0.968 bits per heavy atom. The number of rotatable bonds is 4. The molecule has 1 aliphatic rings. The van der Waals surface area contributed by atoms with Crippen LogP contribution in [0.4, 0.5) is 5.69 Å². The van der Waals surface area contributed by atoms with Gasteiger partial charge in [-0.1, -0.05) is 67.9 Å². The molecule has 2 heterocycles. The molecule has 6 heteroatoms. The van der Waals surface area contributed by atoms with Crippen molar-refractivity contribution in [2.75, 3.05) is 4.90 Å². The highest BCUT2D eigenvalue weighted by Crippen LogP contribution is 2.43. The van der Waals surface area contributed by atoms with Crippen molar-refractivity contribution in [1.29, 1.82) is 0 Å². The summed E-state index contributed by atoms with van der Waals surface area (Å²) in [4.78, 5) is 40.8. The monoisotopic (exact) mass is 416 g/mol. The van der Waals surface area contributed by atoms with Gasteiger partial charge in [-0.2, -0.15) is 0 Å². The molecular weight excluding hydrogens is 392 g/mol. The number of hydrogen-bond acceptors (Lipinski definition) is 5. The van der Waals surface area contributed by atoms with Gasteiger partial charge in [-0.3, -0.25) is 19.3 Å². The van der Waals surface area contributed by atoms with Crippen LogP contribution < -0.4 is 4.90 Å². The summed E-state index contributed by atoms with van der Waals surface area (Å²) in [5.41, 5.74) is 3.11. The van der Waals surface area contributed by atoms with E-state index in [4.69, 9.17) is 4.52 Å². The lowest BCUT2D eigenvalue weighted by molar-refractivity contribution is -0.141. The molecule has 2 unspecified atom stereocenters. The minimum Gasteiger partial charge on any atom is -0.364 e. The van der Waals surface area contributed by atoms with Crippen molar-refractivity contribution in [3.8, 4) is 11.3 Å². The fourth-order valence-corrected chi connectivity index (χ4v) is 3.94. The molecule has 1 aliphatic heterocycles. The van der Waals surface area contributed by atoms with Crippen molar-refractivity contribution in [2.45, 2.75) is 33.7 Å². The number of aryl methyl sites for hydroxylation is 1. The first-order valence-electron chi connectivity index (χ1n) is 10.2. The molecule has 1 aromatic heterocycles. The summed E-state index contributed by atoms with van der Waals surface area (Å²) in [6.45, 7) is 7.28. The van der Waals surface area contributed by atoms with E-state index in [-0.39, 0.29) is 5.78 Å². The second kappa shape index (κ2) is 7.61. The number of amides is 1. The number of nitrogens with zero attached hydrogens (tertiary/aromatic N) is 2. The number of benzene rings is 2. The molecule has 3 aromatic rings. The second-order valence-electron chi connectivity index (χ2n) is 8.92. The van der Waals surface area contributed by atoms with Crippen molar-refractivity contribution in [3.63, 3.8) is 0 Å². The van der Waals surface area contributed by atoms with E-state index in [1.165, 1.54) is 11.2 Å². The van der Waals surface area contributed by atoms with Gasteiger partial charge in [0.15, 0.2) is 5.78 Å². The Morgan fingerprint density at radius 3 is 2.16 bits per heavy atom. The summed E-state index contributed by atoms with van der Waals surface area (Å²) in [5, 5.41) is 3.92. The average Bonchev–Trinajstić information content (AvgIpc) is 3.35. The molecule has 0 saturated carbocycles. The van der Waals surface area contributed by atoms with E-state index in [0.717, 1.165) is 16.7 Å². The fraction of sp³-hybridized carbons (Fsp3) is 0.280. The topological polar surface area (TPSA) is 80.5 Å². The molecular formula is C25H24N2O4. The number of ketones is 2. The maximum atomic E-state index is 13.2. The van der Waals surface area contributed by atoms with Gasteiger partial charge in [0.1, 0.15) is 17.9 Å². The molecule has 31 heavy (non-hydrogen) atoms. The number of carbonyl (C=O) groups is 3. The predicted molar refractivity (Wildman–Crippen MR) is 116 cm³/mol. The van der Waals surface area contributed by atoms with Crippen LogP contribution in [0.15, 0.2) is 65.4 Å². The van der Waals surface area contributed by atoms with E-state index >= 15 is 0 Å². The van der Waals surface area contributed by atoms with Crippen LogP contribution in [-0.4, -0.2) is 22.6 Å². The summed E-state index contributed by atoms with van der Waals surface area (Å²) in [6, 6.07) is 15.8. The lowest BCUT2D eigenvalue weighted by Gasteiger charge is -2.30. The Balaban J connectivity index is 1.81. The van der Waals surface area contributed by atoms with Crippen LogP contribution in [0.25, 0.3) is 11.3 Å². The number of Topliss-reactive ketones (excluding diaryl/α,β-unsaturated/α-hetero) is 2. The second-order valence-corrected chi connectivity index (χ2v) is 8.92. The molecule has 0 radical (unpaired) electrons. The van der Waals surface area contributed by atoms with Crippen molar-refractivity contribution in [1.82, 2.24) is 5.16 Å². The van der Waals surface area contributed by atoms with Gasteiger partial charge in [-0.05, 0) is 24.6 Å². The Labute approximate surface area is 180 Å². The first-order valence-corrected chi connectivity index (χ1v) is 10.2. The van der Waals surface area contributed by atoms with Crippen molar-refractivity contribution >= 4 is 23.2 Å². The Kier molecular flexibility index (Phi) is 5.09. The highest BCUT2D eigenvalue weighted by molar-refractivity contribution is 6.48. The SMILES string of the molecule is Cc1ccc(C2C(C(=O)C(C)(C)C)C(=O)C(=O)N2c2ccc(-c3ccon3)cc2)cc1. The molecule has 0 bridgehead atoms. The smallest absolute Gasteiger partial charge is 0.295 e. The van der Waals surface area contributed by atoms with Crippen molar-refractivity contribution in [2.24, 2.45) is 11.3 Å². The third-order valence-electron chi connectivity index (χ3n) is 5.63. The number of hydrogen-bond donors (Lipinski definition) is 0. The van der Waals surface area contributed by atoms with Gasteiger partial charge >= 0.3 is 0 Å². The summed E-state index contributed by atoms with van der Waals surface area (Å²) >= 11 is 0.